The van der Waals surface area contributed by atoms with Crippen molar-refractivity contribution in [2.45, 2.75) is 86.7 Å². The SMILES string of the molecule is C.C.CCCCOc1nc(N)c([N+](=O)[O-])c(N(CC(=O)OCC)Cc2ccc(C(F)(F)F)nc2)n1.CCCCOc1nc(N)c2c(n1)N(Cc1ccc(C(F)(F)F)nc1)CC(=O)N2. The van der Waals surface area contributed by atoms with E-state index in [1.165, 1.54) is 6.07 Å². The second-order valence-corrected chi connectivity index (χ2v) is 13.0. The minimum Gasteiger partial charge on any atom is -0.465 e. The van der Waals surface area contributed by atoms with Crippen molar-refractivity contribution in [3.8, 4) is 12.0 Å². The normalized spacial score (nSPS) is 12.0. The average Bonchev–Trinajstić information content (AvgIpc) is 3.18. The van der Waals surface area contributed by atoms with E-state index in [1.807, 2.05) is 13.8 Å². The molecule has 1 amide bonds. The highest BCUT2D eigenvalue weighted by atomic mass is 19.4. The largest absolute Gasteiger partial charge is 0.465 e. The van der Waals surface area contributed by atoms with Crippen LogP contribution in [0.15, 0.2) is 36.7 Å². The third-order valence-corrected chi connectivity index (χ3v) is 8.21. The molecule has 25 heteroatoms. The van der Waals surface area contributed by atoms with Crippen LogP contribution in [0.5, 0.6) is 12.0 Å². The number of unbranched alkanes of at least 4 members (excludes halogenated alkanes) is 2. The van der Waals surface area contributed by atoms with Crippen molar-refractivity contribution in [2.24, 2.45) is 0 Å². The first-order valence-corrected chi connectivity index (χ1v) is 18.6. The summed E-state index contributed by atoms with van der Waals surface area (Å²) >= 11 is 0. The fourth-order valence-electron chi connectivity index (χ4n) is 5.31. The lowest BCUT2D eigenvalue weighted by Crippen LogP contribution is -2.39. The predicted molar refractivity (Wildman–Crippen MR) is 220 cm³/mol. The average molecular weight is 901 g/mol. The maximum atomic E-state index is 12.8. The summed E-state index contributed by atoms with van der Waals surface area (Å²) in [6.45, 7) is 5.55. The van der Waals surface area contributed by atoms with Crippen LogP contribution < -0.4 is 36.1 Å². The Labute approximate surface area is 358 Å². The standard InChI is InChI=1S/C19H23F3N6O5.C17H19F3N6O2.2CH4/c1-3-5-8-33-18-25-16(23)15(28(30)31)17(26-18)27(11-14(29)32-4-2)10-12-6-7-13(24-9-12)19(20,21)22;1-2-3-6-28-16-24-14(21)13-15(25-16)26(9-12(27)23-13)8-10-4-5-11(22-7-10)17(18,19)20;;/h6-7,9H,3-5,8,10-11H2,1-2H3,(H2,23,25,26);4-5,7H,2-3,6,8-9H2,1H3,(H,23,27)(H2,21,24,25);2*1H4. The van der Waals surface area contributed by atoms with E-state index in [9.17, 15) is 46.0 Å². The van der Waals surface area contributed by atoms with Gasteiger partial charge in [-0.2, -0.15) is 46.3 Å². The minimum absolute atomic E-state index is 0. The number of halogens is 6. The van der Waals surface area contributed by atoms with Crippen LogP contribution in [0.1, 0.15) is 83.8 Å². The highest BCUT2D eigenvalue weighted by Crippen LogP contribution is 2.36. The molecule has 0 atom stereocenters. The molecule has 0 fully saturated rings. The first-order chi connectivity index (χ1) is 28.8. The molecule has 346 valence electrons. The summed E-state index contributed by atoms with van der Waals surface area (Å²) in [7, 11) is 0. The molecule has 0 unspecified atom stereocenters. The van der Waals surface area contributed by atoms with Crippen LogP contribution in [0.25, 0.3) is 0 Å². The van der Waals surface area contributed by atoms with Crippen molar-refractivity contribution in [3.63, 3.8) is 0 Å². The number of nitro groups is 1. The number of esters is 1. The molecule has 0 aromatic carbocycles. The second kappa shape index (κ2) is 23.4. The Kier molecular flexibility index (Phi) is 19.4. The number of alkyl halides is 6. The highest BCUT2D eigenvalue weighted by molar-refractivity contribution is 6.03. The molecule has 0 aliphatic carbocycles. The maximum absolute atomic E-state index is 12.8. The van der Waals surface area contributed by atoms with Gasteiger partial charge >= 0.3 is 36.0 Å². The van der Waals surface area contributed by atoms with Crippen molar-refractivity contribution < 1.29 is 55.1 Å². The molecule has 0 bridgehead atoms. The van der Waals surface area contributed by atoms with Gasteiger partial charge in [0.25, 0.3) is 0 Å². The number of anilines is 5. The van der Waals surface area contributed by atoms with E-state index in [1.54, 1.807) is 11.8 Å². The molecule has 63 heavy (non-hydrogen) atoms. The first-order valence-electron chi connectivity index (χ1n) is 18.6. The Balaban J connectivity index is 0.000000425. The summed E-state index contributed by atoms with van der Waals surface area (Å²) < 4.78 is 92.3. The summed E-state index contributed by atoms with van der Waals surface area (Å²) in [5, 5.41) is 14.3. The predicted octanol–water partition coefficient (Wildman–Crippen LogP) is 7.01. The van der Waals surface area contributed by atoms with Gasteiger partial charge in [-0.15, -0.1) is 0 Å². The second-order valence-electron chi connectivity index (χ2n) is 13.0. The van der Waals surface area contributed by atoms with Gasteiger partial charge in [0.1, 0.15) is 23.6 Å². The molecule has 5 N–H and O–H groups in total. The minimum atomic E-state index is -4.63. The van der Waals surface area contributed by atoms with E-state index in [4.69, 9.17) is 25.7 Å². The Morgan fingerprint density at radius 1 is 0.857 bits per heavy atom. The third-order valence-electron chi connectivity index (χ3n) is 8.21. The molecular weight excluding hydrogens is 850 g/mol. The number of nitrogen functional groups attached to an aromatic ring is 2. The lowest BCUT2D eigenvalue weighted by molar-refractivity contribution is -0.383. The Morgan fingerprint density at radius 3 is 1.89 bits per heavy atom. The van der Waals surface area contributed by atoms with E-state index in [0.29, 0.717) is 24.4 Å². The van der Waals surface area contributed by atoms with Gasteiger partial charge in [0.15, 0.2) is 11.6 Å². The van der Waals surface area contributed by atoms with E-state index >= 15 is 0 Å². The van der Waals surface area contributed by atoms with Crippen molar-refractivity contribution in [1.82, 2.24) is 29.9 Å². The number of aromatic nitrogens is 6. The molecule has 1 aliphatic heterocycles. The van der Waals surface area contributed by atoms with E-state index in [2.05, 4.69) is 35.2 Å². The van der Waals surface area contributed by atoms with E-state index in [-0.39, 0.29) is 88.5 Å². The number of ether oxygens (including phenoxy) is 3. The van der Waals surface area contributed by atoms with Crippen molar-refractivity contribution >= 4 is 46.5 Å². The summed E-state index contributed by atoms with van der Waals surface area (Å²) in [4.78, 5) is 60.7. The zero-order chi connectivity index (χ0) is 44.9. The van der Waals surface area contributed by atoms with Crippen LogP contribution in [0, 0.1) is 10.1 Å². The molecule has 4 aromatic rings. The van der Waals surface area contributed by atoms with Crippen LogP contribution in [0.2, 0.25) is 0 Å². The smallest absolute Gasteiger partial charge is 0.433 e. The number of rotatable bonds is 17. The lowest BCUT2D eigenvalue weighted by Gasteiger charge is -2.30. The summed E-state index contributed by atoms with van der Waals surface area (Å²) in [6, 6.07) is 3.96. The van der Waals surface area contributed by atoms with Crippen molar-refractivity contribution in [1.29, 1.82) is 0 Å². The van der Waals surface area contributed by atoms with Gasteiger partial charge in [0, 0.05) is 25.5 Å². The van der Waals surface area contributed by atoms with Gasteiger partial charge in [-0.1, -0.05) is 53.7 Å². The van der Waals surface area contributed by atoms with E-state index < -0.39 is 52.7 Å². The molecule has 0 saturated carbocycles. The van der Waals surface area contributed by atoms with Gasteiger partial charge in [0.05, 0.1) is 31.3 Å². The van der Waals surface area contributed by atoms with Crippen molar-refractivity contribution in [3.05, 3.63) is 69.3 Å². The number of nitrogens with two attached hydrogens (primary N) is 2. The number of nitrogens with zero attached hydrogens (tertiary/aromatic N) is 9. The number of carbonyl (C=O) groups is 2. The van der Waals surface area contributed by atoms with Gasteiger partial charge in [-0.3, -0.25) is 29.7 Å². The molecule has 19 nitrogen and oxygen atoms in total. The van der Waals surface area contributed by atoms with Crippen molar-refractivity contribution in [2.75, 3.05) is 59.5 Å². The first kappa shape index (κ1) is 52.3. The third kappa shape index (κ3) is 14.9. The zero-order valence-electron chi connectivity index (χ0n) is 33.0. The number of fused-ring (bicyclic) bond motifs is 1. The number of nitrogens with one attached hydrogen (secondary N) is 1. The number of pyridine rings is 2. The molecule has 5 heterocycles. The summed E-state index contributed by atoms with van der Waals surface area (Å²) in [6.07, 6.45) is -3.84. The van der Waals surface area contributed by atoms with Crippen LogP contribution in [0.3, 0.4) is 0 Å². The number of amides is 1. The molecule has 0 radical (unpaired) electrons. The maximum Gasteiger partial charge on any atom is 0.433 e. The topological polar surface area (TPSA) is 253 Å². The Morgan fingerprint density at radius 2 is 1.40 bits per heavy atom. The molecule has 1 aliphatic rings. The van der Waals surface area contributed by atoms with Crippen LogP contribution in [-0.2, 0) is 39.8 Å². The Bertz CT molecular complexity index is 2130. The molecule has 5 rings (SSSR count). The summed E-state index contributed by atoms with van der Waals surface area (Å²) in [5.41, 5.74) is 9.88. The monoisotopic (exact) mass is 900 g/mol. The van der Waals surface area contributed by atoms with Gasteiger partial charge in [-0.05, 0) is 43.0 Å². The number of hydrogen-bond donors (Lipinski definition) is 3. The fourth-order valence-corrected chi connectivity index (χ4v) is 5.31. The number of carbonyl (C=O) groups excluding carboxylic acids is 2. The number of hydrogen-bond acceptors (Lipinski definition) is 17. The Hall–Kier alpha value is -6.82. The van der Waals surface area contributed by atoms with Gasteiger partial charge < -0.3 is 40.8 Å². The molecule has 0 saturated heterocycles. The van der Waals surface area contributed by atoms with Gasteiger partial charge in [0.2, 0.25) is 17.5 Å². The highest BCUT2D eigenvalue weighted by Gasteiger charge is 2.34. The molecular formula is C38H50F6N12O7. The quantitative estimate of drug-likeness (QED) is 0.0317. The van der Waals surface area contributed by atoms with Gasteiger partial charge in [-0.25, -0.2) is 0 Å². The van der Waals surface area contributed by atoms with Crippen LogP contribution >= 0.6 is 0 Å². The van der Waals surface area contributed by atoms with E-state index in [0.717, 1.165) is 54.8 Å². The lowest BCUT2D eigenvalue weighted by atomic mass is 10.2. The van der Waals surface area contributed by atoms with Crippen LogP contribution in [0.4, 0.5) is 61.0 Å². The molecule has 4 aromatic heterocycles. The molecule has 0 spiro atoms. The zero-order valence-corrected chi connectivity index (χ0v) is 33.0. The summed E-state index contributed by atoms with van der Waals surface area (Å²) in [5.74, 6) is -1.50. The van der Waals surface area contributed by atoms with Crippen LogP contribution in [-0.4, -0.2) is 79.6 Å². The fraction of sp³-hybridized carbons (Fsp3) is 0.474.